The molecule has 0 bridgehead atoms. The molecule has 8 heteroatoms. The van der Waals surface area contributed by atoms with Crippen LogP contribution in [0, 0.1) is 24.0 Å². The highest BCUT2D eigenvalue weighted by Gasteiger charge is 2.20. The molecule has 35 heavy (non-hydrogen) atoms. The average Bonchev–Trinajstić information content (AvgIpc) is 3.22. The number of hydrogen-bond acceptors (Lipinski definition) is 5. The van der Waals surface area contributed by atoms with Gasteiger partial charge in [-0.1, -0.05) is 51.8 Å². The Morgan fingerprint density at radius 3 is 2.60 bits per heavy atom. The second kappa shape index (κ2) is 9.71. The number of para-hydroxylation sites is 2. The summed E-state index contributed by atoms with van der Waals surface area (Å²) < 4.78 is 2.83. The van der Waals surface area contributed by atoms with Gasteiger partial charge in [-0.2, -0.15) is 5.10 Å². The topological polar surface area (TPSA) is 72.8 Å². The van der Waals surface area contributed by atoms with Crippen molar-refractivity contribution in [3.05, 3.63) is 108 Å². The molecule has 0 fully saturated rings. The smallest absolute Gasteiger partial charge is 0.258 e. The van der Waals surface area contributed by atoms with Gasteiger partial charge < -0.3 is 0 Å². The first kappa shape index (κ1) is 23.4. The van der Waals surface area contributed by atoms with Gasteiger partial charge in [0.25, 0.3) is 5.69 Å². The van der Waals surface area contributed by atoms with Crippen LogP contribution in [-0.2, 0) is 6.42 Å². The highest BCUT2D eigenvalue weighted by atomic mass is 79.9. The van der Waals surface area contributed by atoms with Crippen molar-refractivity contribution in [3.8, 4) is 11.3 Å². The van der Waals surface area contributed by atoms with Gasteiger partial charge in [0.1, 0.15) is 5.69 Å². The van der Waals surface area contributed by atoms with E-state index in [-0.39, 0.29) is 5.69 Å². The Bertz CT molecular complexity index is 1530. The Hall–Kier alpha value is -3.36. The van der Waals surface area contributed by atoms with Gasteiger partial charge in [0.15, 0.2) is 0 Å². The lowest BCUT2D eigenvalue weighted by Gasteiger charge is -2.21. The molecule has 0 unspecified atom stereocenters. The predicted molar refractivity (Wildman–Crippen MR) is 145 cm³/mol. The molecule has 4 aromatic rings. The quantitative estimate of drug-likeness (QED) is 0.198. The zero-order valence-corrected chi connectivity index (χ0v) is 21.8. The summed E-state index contributed by atoms with van der Waals surface area (Å²) >= 11 is 4.93. The minimum Gasteiger partial charge on any atom is -0.258 e. The molecule has 0 saturated heterocycles. The van der Waals surface area contributed by atoms with E-state index in [9.17, 15) is 10.1 Å². The molecule has 1 heterocycles. The van der Waals surface area contributed by atoms with Crippen molar-refractivity contribution >= 4 is 44.4 Å². The third kappa shape index (κ3) is 4.76. The first-order valence-electron chi connectivity index (χ1n) is 11.3. The molecule has 0 radical (unpaired) electrons. The summed E-state index contributed by atoms with van der Waals surface area (Å²) in [4.78, 5) is 16.5. The van der Waals surface area contributed by atoms with Crippen molar-refractivity contribution in [1.29, 1.82) is 0 Å². The summed E-state index contributed by atoms with van der Waals surface area (Å²) in [6, 6.07) is 19.0. The van der Waals surface area contributed by atoms with Gasteiger partial charge in [0.05, 0.1) is 16.3 Å². The molecule has 6 nitrogen and oxygen atoms in total. The van der Waals surface area contributed by atoms with Crippen LogP contribution in [-0.4, -0.2) is 15.3 Å². The predicted octanol–water partition coefficient (Wildman–Crippen LogP) is 7.33. The summed E-state index contributed by atoms with van der Waals surface area (Å²) in [7, 11) is 0. The van der Waals surface area contributed by atoms with Gasteiger partial charge in [0, 0.05) is 27.0 Å². The lowest BCUT2D eigenvalue weighted by molar-refractivity contribution is -0.384. The SMILES string of the molecule is Cc1cc(C)c2c(c1)C(=Nn1c(-c3ccc(Br)cc3)csc1=Nc1ccccc1[N+](=O)[O-])CCC2. The Kier molecular flexibility index (Phi) is 6.49. The number of hydrogen-bond donors (Lipinski definition) is 0. The number of benzene rings is 3. The van der Waals surface area contributed by atoms with Gasteiger partial charge in [0.2, 0.25) is 4.80 Å². The molecule has 1 aliphatic rings. The second-order valence-corrected chi connectivity index (χ2v) is 10.3. The molecule has 3 aromatic carbocycles. The molecule has 0 atom stereocenters. The number of aryl methyl sites for hydroxylation is 2. The molecule has 176 valence electrons. The normalized spacial score (nSPS) is 14.8. The number of nitrogens with zero attached hydrogens (tertiary/aromatic N) is 4. The van der Waals surface area contributed by atoms with Crippen molar-refractivity contribution in [2.24, 2.45) is 10.1 Å². The standard InChI is InChI=1S/C27H23BrN4O2S/c1-17-14-18(2)21-6-5-8-23(22(21)15-17)30-31-26(19-10-12-20(28)13-11-19)16-35-27(31)29-24-7-3-4-9-25(24)32(33)34/h3-4,7,9-16H,5-6,8H2,1-2H3. The summed E-state index contributed by atoms with van der Waals surface area (Å²) in [5, 5.41) is 18.7. The van der Waals surface area contributed by atoms with Crippen LogP contribution in [0.1, 0.15) is 35.1 Å². The lowest BCUT2D eigenvalue weighted by atomic mass is 9.86. The van der Waals surface area contributed by atoms with E-state index in [1.807, 2.05) is 34.3 Å². The molecule has 5 rings (SSSR count). The van der Waals surface area contributed by atoms with Crippen LogP contribution in [0.5, 0.6) is 0 Å². The maximum absolute atomic E-state index is 11.6. The molecule has 1 aromatic heterocycles. The number of thiazole rings is 1. The van der Waals surface area contributed by atoms with Gasteiger partial charge in [-0.3, -0.25) is 10.1 Å². The molecule has 1 aliphatic carbocycles. The molecular weight excluding hydrogens is 524 g/mol. The summed E-state index contributed by atoms with van der Waals surface area (Å²) in [5.41, 5.74) is 8.22. The van der Waals surface area contributed by atoms with E-state index >= 15 is 0 Å². The number of halogens is 1. The molecule has 0 aliphatic heterocycles. The molecular formula is C27H23BrN4O2S. The molecule has 0 amide bonds. The third-order valence-corrected chi connectivity index (χ3v) is 7.45. The van der Waals surface area contributed by atoms with Crippen LogP contribution in [0.25, 0.3) is 11.3 Å². The van der Waals surface area contributed by atoms with Crippen molar-refractivity contribution in [2.75, 3.05) is 0 Å². The van der Waals surface area contributed by atoms with E-state index in [4.69, 9.17) is 10.1 Å². The number of nitro benzene ring substituents is 1. The Morgan fingerprint density at radius 2 is 1.83 bits per heavy atom. The molecule has 0 spiro atoms. The summed E-state index contributed by atoms with van der Waals surface area (Å²) in [6.07, 6.45) is 2.94. The van der Waals surface area contributed by atoms with Gasteiger partial charge in [-0.25, -0.2) is 9.67 Å². The fraction of sp³-hybridized carbons (Fsp3) is 0.185. The van der Waals surface area contributed by atoms with Crippen molar-refractivity contribution in [1.82, 2.24) is 4.68 Å². The van der Waals surface area contributed by atoms with E-state index in [2.05, 4.69) is 41.9 Å². The minimum absolute atomic E-state index is 0.0282. The molecule has 0 saturated carbocycles. The monoisotopic (exact) mass is 546 g/mol. The fourth-order valence-corrected chi connectivity index (χ4v) is 5.59. The maximum atomic E-state index is 11.6. The van der Waals surface area contributed by atoms with Crippen LogP contribution in [0.15, 0.2) is 80.6 Å². The zero-order chi connectivity index (χ0) is 24.5. The Labute approximate surface area is 215 Å². The highest BCUT2D eigenvalue weighted by Crippen LogP contribution is 2.29. The fourth-order valence-electron chi connectivity index (χ4n) is 4.49. The highest BCUT2D eigenvalue weighted by molar-refractivity contribution is 9.10. The van der Waals surface area contributed by atoms with E-state index in [0.29, 0.717) is 10.5 Å². The van der Waals surface area contributed by atoms with Crippen LogP contribution in [0.4, 0.5) is 11.4 Å². The minimum atomic E-state index is -0.402. The Morgan fingerprint density at radius 1 is 1.06 bits per heavy atom. The summed E-state index contributed by atoms with van der Waals surface area (Å²) in [5.74, 6) is 0. The van der Waals surface area contributed by atoms with Crippen LogP contribution < -0.4 is 4.80 Å². The summed E-state index contributed by atoms with van der Waals surface area (Å²) in [6.45, 7) is 4.27. The first-order chi connectivity index (χ1) is 16.9. The molecule has 0 N–H and O–H groups in total. The van der Waals surface area contributed by atoms with Crippen molar-refractivity contribution in [3.63, 3.8) is 0 Å². The van der Waals surface area contributed by atoms with Gasteiger partial charge in [-0.15, -0.1) is 11.3 Å². The largest absolute Gasteiger partial charge is 0.294 e. The van der Waals surface area contributed by atoms with E-state index in [1.165, 1.54) is 39.7 Å². The second-order valence-electron chi connectivity index (χ2n) is 8.59. The van der Waals surface area contributed by atoms with E-state index in [0.717, 1.165) is 40.7 Å². The van der Waals surface area contributed by atoms with Gasteiger partial charge in [-0.05, 0) is 68.5 Å². The van der Waals surface area contributed by atoms with E-state index in [1.54, 1.807) is 18.2 Å². The number of nitro groups is 1. The van der Waals surface area contributed by atoms with Crippen molar-refractivity contribution < 1.29 is 4.92 Å². The van der Waals surface area contributed by atoms with E-state index < -0.39 is 4.92 Å². The van der Waals surface area contributed by atoms with Crippen LogP contribution in [0.3, 0.4) is 0 Å². The number of rotatable bonds is 4. The third-order valence-electron chi connectivity index (χ3n) is 6.11. The number of fused-ring (bicyclic) bond motifs is 1. The number of aromatic nitrogens is 1. The van der Waals surface area contributed by atoms with Gasteiger partial charge >= 0.3 is 0 Å². The Balaban J connectivity index is 1.75. The van der Waals surface area contributed by atoms with Crippen LogP contribution in [0.2, 0.25) is 0 Å². The maximum Gasteiger partial charge on any atom is 0.294 e. The lowest BCUT2D eigenvalue weighted by Crippen LogP contribution is -2.19. The average molecular weight is 547 g/mol. The van der Waals surface area contributed by atoms with Crippen molar-refractivity contribution in [2.45, 2.75) is 33.1 Å². The van der Waals surface area contributed by atoms with Crippen LogP contribution >= 0.6 is 27.3 Å². The first-order valence-corrected chi connectivity index (χ1v) is 13.0. The zero-order valence-electron chi connectivity index (χ0n) is 19.4.